The second-order valence-electron chi connectivity index (χ2n) is 7.49. The van der Waals surface area contributed by atoms with Gasteiger partial charge in [0.2, 0.25) is 0 Å². The number of thioether (sulfide) groups is 2. The minimum absolute atomic E-state index is 0.0457. The van der Waals surface area contributed by atoms with Crippen LogP contribution in [0.3, 0.4) is 0 Å². The molecule has 3 rings (SSSR count). The quantitative estimate of drug-likeness (QED) is 0.638. The van der Waals surface area contributed by atoms with E-state index in [1.165, 1.54) is 29.9 Å². The van der Waals surface area contributed by atoms with E-state index < -0.39 is 5.97 Å². The molecule has 27 heavy (non-hydrogen) atoms. The highest BCUT2D eigenvalue weighted by molar-refractivity contribution is 8.25. The van der Waals surface area contributed by atoms with E-state index in [9.17, 15) is 14.7 Å². The van der Waals surface area contributed by atoms with Crippen molar-refractivity contribution < 1.29 is 19.8 Å². The largest absolute Gasteiger partial charge is 0.481 e. The van der Waals surface area contributed by atoms with E-state index in [0.717, 1.165) is 51.4 Å². The van der Waals surface area contributed by atoms with Gasteiger partial charge in [-0.15, -0.1) is 11.8 Å². The zero-order chi connectivity index (χ0) is 19.2. The van der Waals surface area contributed by atoms with Gasteiger partial charge in [0.05, 0.1) is 23.0 Å². The molecule has 7 nitrogen and oxygen atoms in total. The van der Waals surface area contributed by atoms with Gasteiger partial charge in [-0.1, -0.05) is 31.0 Å². The molecule has 1 heterocycles. The van der Waals surface area contributed by atoms with Gasteiger partial charge in [-0.05, 0) is 38.5 Å². The molecule has 2 aliphatic carbocycles. The Bertz CT molecular complexity index is 561. The van der Waals surface area contributed by atoms with Crippen LogP contribution in [0.1, 0.15) is 57.8 Å². The average Bonchev–Trinajstić information content (AvgIpc) is 3.10. The first kappa shape index (κ1) is 20.8. The van der Waals surface area contributed by atoms with Crippen LogP contribution in [0.2, 0.25) is 0 Å². The number of carbonyl (C=O) groups excluding carboxylic acids is 1. The summed E-state index contributed by atoms with van der Waals surface area (Å²) in [6.45, 7) is 0.525. The number of nitrogens with one attached hydrogen (secondary N) is 1. The van der Waals surface area contributed by atoms with Gasteiger partial charge >= 0.3 is 12.0 Å². The van der Waals surface area contributed by atoms with Crippen LogP contribution in [0.5, 0.6) is 0 Å². The fourth-order valence-electron chi connectivity index (χ4n) is 4.16. The summed E-state index contributed by atoms with van der Waals surface area (Å²) in [4.78, 5) is 30.2. The maximum absolute atomic E-state index is 13.1. The number of hydrogen-bond donors (Lipinski definition) is 3. The van der Waals surface area contributed by atoms with Gasteiger partial charge in [0.15, 0.2) is 5.17 Å². The van der Waals surface area contributed by atoms with Gasteiger partial charge in [-0.25, -0.2) is 4.79 Å². The molecular formula is C18H29N3O4S2. The standard InChI is InChI=1S/C18H29N3O4S2/c22-14-8-6-13(7-9-14)21(12-4-2-1-3-5-12)18(25)20-17-19-10-16(27-17)26-11-15(23)24/h12-14,16,22H,1-11H2,(H,23,24)(H,19,20,25)/t13-,14-,16?. The van der Waals surface area contributed by atoms with E-state index in [1.54, 1.807) is 0 Å². The topological polar surface area (TPSA) is 102 Å². The highest BCUT2D eigenvalue weighted by Gasteiger charge is 2.35. The molecule has 2 saturated carbocycles. The van der Waals surface area contributed by atoms with Crippen LogP contribution in [-0.4, -0.2) is 67.3 Å². The number of aliphatic carboxylic acids is 1. The van der Waals surface area contributed by atoms with Crippen molar-refractivity contribution in [1.82, 2.24) is 10.2 Å². The molecule has 0 radical (unpaired) electrons. The van der Waals surface area contributed by atoms with Crippen LogP contribution >= 0.6 is 23.5 Å². The van der Waals surface area contributed by atoms with E-state index in [1.807, 2.05) is 4.90 Å². The van der Waals surface area contributed by atoms with Crippen LogP contribution in [0.4, 0.5) is 4.79 Å². The van der Waals surface area contributed by atoms with Crippen LogP contribution in [-0.2, 0) is 4.79 Å². The third-order valence-electron chi connectivity index (χ3n) is 5.50. The zero-order valence-electron chi connectivity index (χ0n) is 15.5. The van der Waals surface area contributed by atoms with Crippen molar-refractivity contribution in [2.75, 3.05) is 12.3 Å². The maximum atomic E-state index is 13.1. The minimum atomic E-state index is -0.832. The monoisotopic (exact) mass is 415 g/mol. The molecule has 152 valence electrons. The number of urea groups is 1. The summed E-state index contributed by atoms with van der Waals surface area (Å²) in [5, 5.41) is 22.2. The molecule has 0 bridgehead atoms. The zero-order valence-corrected chi connectivity index (χ0v) is 17.1. The second kappa shape index (κ2) is 10.0. The Balaban J connectivity index is 1.58. The number of aliphatic hydroxyl groups is 1. The van der Waals surface area contributed by atoms with E-state index >= 15 is 0 Å². The molecule has 1 unspecified atom stereocenters. The number of nitrogens with zero attached hydrogens (tertiary/aromatic N) is 2. The molecule has 3 N–H and O–H groups in total. The van der Waals surface area contributed by atoms with Crippen molar-refractivity contribution >= 4 is 40.7 Å². The first-order valence-corrected chi connectivity index (χ1v) is 11.8. The molecule has 3 aliphatic rings. The molecule has 0 aromatic heterocycles. The number of rotatable bonds is 5. The van der Waals surface area contributed by atoms with Gasteiger partial charge in [0.1, 0.15) is 0 Å². The lowest BCUT2D eigenvalue weighted by atomic mass is 9.88. The summed E-state index contributed by atoms with van der Waals surface area (Å²) in [6.07, 6.45) is 8.62. The molecule has 0 saturated heterocycles. The van der Waals surface area contributed by atoms with E-state index in [4.69, 9.17) is 5.11 Å². The molecule has 0 spiro atoms. The van der Waals surface area contributed by atoms with E-state index in [-0.39, 0.29) is 34.6 Å². The SMILES string of the molecule is O=C(O)CSC1CN=C(NC(=O)N(C2CCCCC2)[C@H]2CC[C@H](O)CC2)S1. The Labute approximate surface area is 168 Å². The molecule has 2 fully saturated rings. The Hall–Kier alpha value is -0.930. The van der Waals surface area contributed by atoms with Gasteiger partial charge in [0.25, 0.3) is 0 Å². The molecule has 2 amide bonds. The number of aliphatic hydroxyl groups excluding tert-OH is 1. The summed E-state index contributed by atoms with van der Waals surface area (Å²) in [6, 6.07) is 0.363. The first-order chi connectivity index (χ1) is 13.0. The third kappa shape index (κ3) is 6.02. The number of carbonyl (C=O) groups is 2. The minimum Gasteiger partial charge on any atom is -0.481 e. The van der Waals surface area contributed by atoms with Gasteiger partial charge in [-0.2, -0.15) is 0 Å². The van der Waals surface area contributed by atoms with Gasteiger partial charge < -0.3 is 15.1 Å². The maximum Gasteiger partial charge on any atom is 0.323 e. The van der Waals surface area contributed by atoms with Crippen molar-refractivity contribution in [3.05, 3.63) is 0 Å². The molecule has 1 atom stereocenters. The first-order valence-electron chi connectivity index (χ1n) is 9.85. The Morgan fingerprint density at radius 1 is 1.11 bits per heavy atom. The molecule has 9 heteroatoms. The van der Waals surface area contributed by atoms with Crippen molar-refractivity contribution in [2.45, 2.75) is 80.6 Å². The van der Waals surface area contributed by atoms with Crippen molar-refractivity contribution in [3.63, 3.8) is 0 Å². The van der Waals surface area contributed by atoms with Crippen molar-refractivity contribution in [3.8, 4) is 0 Å². The van der Waals surface area contributed by atoms with Crippen LogP contribution in [0, 0.1) is 0 Å². The Morgan fingerprint density at radius 3 is 2.44 bits per heavy atom. The fourth-order valence-corrected chi connectivity index (χ4v) is 6.11. The summed E-state index contributed by atoms with van der Waals surface area (Å²) in [7, 11) is 0. The van der Waals surface area contributed by atoms with Gasteiger partial charge in [0, 0.05) is 12.1 Å². The number of aliphatic imine (C=N–C) groups is 1. The number of amides is 2. The highest BCUT2D eigenvalue weighted by atomic mass is 32.2. The van der Waals surface area contributed by atoms with Gasteiger partial charge in [-0.3, -0.25) is 15.1 Å². The number of carboxylic acids is 1. The number of carboxylic acid groups (broad SMARTS) is 1. The van der Waals surface area contributed by atoms with Crippen LogP contribution in [0.15, 0.2) is 4.99 Å². The molecule has 0 aromatic carbocycles. The number of hydrogen-bond acceptors (Lipinski definition) is 6. The lowest BCUT2D eigenvalue weighted by Crippen LogP contribution is -2.54. The van der Waals surface area contributed by atoms with Crippen LogP contribution < -0.4 is 5.32 Å². The fraction of sp³-hybridized carbons (Fsp3) is 0.833. The predicted molar refractivity (Wildman–Crippen MR) is 109 cm³/mol. The lowest BCUT2D eigenvalue weighted by Gasteiger charge is -2.42. The molecular weight excluding hydrogens is 386 g/mol. The number of amidine groups is 1. The molecule has 0 aromatic rings. The summed E-state index contributed by atoms with van der Waals surface area (Å²) in [5.41, 5.74) is 0. The highest BCUT2D eigenvalue weighted by Crippen LogP contribution is 2.32. The van der Waals surface area contributed by atoms with Crippen molar-refractivity contribution in [2.24, 2.45) is 4.99 Å². The third-order valence-corrected chi connectivity index (χ3v) is 7.99. The Morgan fingerprint density at radius 2 is 1.78 bits per heavy atom. The van der Waals surface area contributed by atoms with Crippen molar-refractivity contribution in [1.29, 1.82) is 0 Å². The van der Waals surface area contributed by atoms with Crippen LogP contribution in [0.25, 0.3) is 0 Å². The second-order valence-corrected chi connectivity index (χ2v) is 10.2. The smallest absolute Gasteiger partial charge is 0.323 e. The lowest BCUT2D eigenvalue weighted by molar-refractivity contribution is -0.133. The summed E-state index contributed by atoms with van der Waals surface area (Å²) < 4.78 is 0.0457. The van der Waals surface area contributed by atoms with E-state index in [0.29, 0.717) is 11.7 Å². The Kier molecular flexibility index (Phi) is 7.72. The molecule has 1 aliphatic heterocycles. The average molecular weight is 416 g/mol. The summed E-state index contributed by atoms with van der Waals surface area (Å²) in [5.74, 6) is -0.784. The van der Waals surface area contributed by atoms with E-state index in [2.05, 4.69) is 10.3 Å². The normalized spacial score (nSPS) is 29.2. The predicted octanol–water partition coefficient (Wildman–Crippen LogP) is 2.88. The summed E-state index contributed by atoms with van der Waals surface area (Å²) >= 11 is 2.79.